The van der Waals surface area contributed by atoms with Crippen LogP contribution < -0.4 is 5.73 Å². The highest BCUT2D eigenvalue weighted by molar-refractivity contribution is 9.10. The van der Waals surface area contributed by atoms with E-state index in [-0.39, 0.29) is 12.2 Å². The van der Waals surface area contributed by atoms with Gasteiger partial charge in [0.1, 0.15) is 5.82 Å². The molecule has 0 atom stereocenters. The van der Waals surface area contributed by atoms with Gasteiger partial charge in [0.05, 0.1) is 16.7 Å². The number of nitrogens with two attached hydrogens (primary N) is 1. The Kier molecular flexibility index (Phi) is 2.45. The van der Waals surface area contributed by atoms with E-state index < -0.39 is 5.97 Å². The molecule has 0 radical (unpaired) electrons. The summed E-state index contributed by atoms with van der Waals surface area (Å²) in [5.41, 5.74) is 6.07. The van der Waals surface area contributed by atoms with Gasteiger partial charge in [-0.05, 0) is 28.1 Å². The fraction of sp³-hybridized carbons (Fsp3) is 0.111. The van der Waals surface area contributed by atoms with Crippen molar-refractivity contribution >= 4 is 27.4 Å². The molecule has 0 unspecified atom stereocenters. The van der Waals surface area contributed by atoms with Crippen LogP contribution in [0, 0.1) is 0 Å². The number of halogens is 1. The first-order chi connectivity index (χ1) is 7.15. The van der Waals surface area contributed by atoms with E-state index in [4.69, 9.17) is 10.8 Å². The minimum atomic E-state index is -1.05. The molecule has 2 aromatic heterocycles. The lowest BCUT2D eigenvalue weighted by atomic mass is 10.3. The molecule has 78 valence electrons. The first-order valence-corrected chi connectivity index (χ1v) is 5.03. The van der Waals surface area contributed by atoms with Crippen molar-refractivity contribution in [3.05, 3.63) is 34.3 Å². The number of pyridine rings is 1. The van der Waals surface area contributed by atoms with E-state index in [2.05, 4.69) is 20.9 Å². The zero-order valence-corrected chi connectivity index (χ0v) is 9.23. The van der Waals surface area contributed by atoms with Crippen molar-refractivity contribution < 1.29 is 9.90 Å². The van der Waals surface area contributed by atoms with Crippen molar-refractivity contribution in [1.82, 2.24) is 9.38 Å². The number of aromatic nitrogens is 2. The quantitative estimate of drug-likeness (QED) is 0.805. The average molecular weight is 270 g/mol. The number of carbonyl (C=O) groups is 1. The summed E-state index contributed by atoms with van der Waals surface area (Å²) in [7, 11) is 0. The number of hydrogen-bond donors (Lipinski definition) is 2. The third kappa shape index (κ3) is 1.51. The van der Waals surface area contributed by atoms with Crippen LogP contribution in [-0.4, -0.2) is 20.5 Å². The molecule has 3 N–H and O–H groups in total. The van der Waals surface area contributed by atoms with Gasteiger partial charge in [0.25, 0.3) is 0 Å². The molecule has 6 heteroatoms. The molecule has 2 rings (SSSR count). The minimum Gasteiger partial charge on any atom is -0.476 e. The third-order valence-corrected chi connectivity index (χ3v) is 2.69. The first-order valence-electron chi connectivity index (χ1n) is 4.24. The maximum absolute atomic E-state index is 10.9. The standard InChI is InChI=1S/C9H8BrN3O2/c10-6-3-1-2-5-8(9(14)15)12-7(4-11)13(5)6/h1-3H,4,11H2,(H,14,15). The second kappa shape index (κ2) is 3.63. The van der Waals surface area contributed by atoms with Gasteiger partial charge in [-0.2, -0.15) is 0 Å². The van der Waals surface area contributed by atoms with E-state index in [0.29, 0.717) is 11.3 Å². The van der Waals surface area contributed by atoms with Gasteiger partial charge in [0.2, 0.25) is 0 Å². The average Bonchev–Trinajstić information content (AvgIpc) is 2.58. The summed E-state index contributed by atoms with van der Waals surface area (Å²) in [6, 6.07) is 5.26. The SMILES string of the molecule is NCc1nc(C(=O)O)c2cccc(Br)n12. The fourth-order valence-electron chi connectivity index (χ4n) is 1.46. The van der Waals surface area contributed by atoms with Gasteiger partial charge in [0.15, 0.2) is 5.69 Å². The summed E-state index contributed by atoms with van der Waals surface area (Å²) in [6.45, 7) is 0.192. The monoisotopic (exact) mass is 269 g/mol. The predicted octanol–water partition coefficient (Wildman–Crippen LogP) is 1.25. The second-order valence-electron chi connectivity index (χ2n) is 2.96. The smallest absolute Gasteiger partial charge is 0.356 e. The summed E-state index contributed by atoms with van der Waals surface area (Å²) < 4.78 is 2.42. The molecule has 0 fully saturated rings. The number of carboxylic acids is 1. The van der Waals surface area contributed by atoms with Crippen LogP contribution in [0.25, 0.3) is 5.52 Å². The Balaban J connectivity index is 2.87. The molecule has 5 nitrogen and oxygen atoms in total. The highest BCUT2D eigenvalue weighted by atomic mass is 79.9. The Bertz CT molecular complexity index is 535. The molecule has 2 heterocycles. The molecule has 0 aliphatic rings. The number of fused-ring (bicyclic) bond motifs is 1. The number of nitrogens with zero attached hydrogens (tertiary/aromatic N) is 2. The van der Waals surface area contributed by atoms with Gasteiger partial charge in [-0.15, -0.1) is 0 Å². The van der Waals surface area contributed by atoms with Gasteiger partial charge < -0.3 is 10.8 Å². The molecule has 0 spiro atoms. The zero-order valence-electron chi connectivity index (χ0n) is 7.64. The summed E-state index contributed by atoms with van der Waals surface area (Å²) in [5.74, 6) is -0.528. The molecule has 2 aromatic rings. The Morgan fingerprint density at radius 1 is 1.60 bits per heavy atom. The molecule has 0 saturated carbocycles. The lowest BCUT2D eigenvalue weighted by Crippen LogP contribution is -2.03. The van der Waals surface area contributed by atoms with Crippen molar-refractivity contribution in [1.29, 1.82) is 0 Å². The third-order valence-electron chi connectivity index (χ3n) is 2.07. The van der Waals surface area contributed by atoms with Gasteiger partial charge in [-0.3, -0.25) is 4.40 Å². The summed E-state index contributed by atoms with van der Waals surface area (Å²) in [4.78, 5) is 14.9. The fourth-order valence-corrected chi connectivity index (χ4v) is 2.01. The van der Waals surface area contributed by atoms with E-state index in [0.717, 1.165) is 4.60 Å². The van der Waals surface area contributed by atoms with E-state index in [1.165, 1.54) is 0 Å². The number of aromatic carboxylic acids is 1. The molecule has 0 aliphatic carbocycles. The lowest BCUT2D eigenvalue weighted by Gasteiger charge is -2.00. The molecule has 0 amide bonds. The van der Waals surface area contributed by atoms with Crippen molar-refractivity contribution in [3.8, 4) is 0 Å². The van der Waals surface area contributed by atoms with Crippen LogP contribution in [0.3, 0.4) is 0 Å². The number of carboxylic acid groups (broad SMARTS) is 1. The van der Waals surface area contributed by atoms with Gasteiger partial charge >= 0.3 is 5.97 Å². The molecule has 0 bridgehead atoms. The van der Waals surface area contributed by atoms with Gasteiger partial charge in [-0.25, -0.2) is 9.78 Å². The van der Waals surface area contributed by atoms with E-state index in [1.54, 1.807) is 22.6 Å². The normalized spacial score (nSPS) is 10.8. The minimum absolute atomic E-state index is 0.0248. The summed E-state index contributed by atoms with van der Waals surface area (Å²) in [6.07, 6.45) is 0. The Labute approximate surface area is 93.7 Å². The van der Waals surface area contributed by atoms with Crippen LogP contribution in [0.2, 0.25) is 0 Å². The van der Waals surface area contributed by atoms with Crippen molar-refractivity contribution in [2.45, 2.75) is 6.54 Å². The van der Waals surface area contributed by atoms with E-state index >= 15 is 0 Å². The molecule has 0 aromatic carbocycles. The Morgan fingerprint density at radius 2 is 2.33 bits per heavy atom. The van der Waals surface area contributed by atoms with Crippen LogP contribution >= 0.6 is 15.9 Å². The lowest BCUT2D eigenvalue weighted by molar-refractivity contribution is 0.0693. The van der Waals surface area contributed by atoms with Gasteiger partial charge in [-0.1, -0.05) is 6.07 Å². The van der Waals surface area contributed by atoms with Crippen molar-refractivity contribution in [2.75, 3.05) is 0 Å². The van der Waals surface area contributed by atoms with Crippen LogP contribution in [0.4, 0.5) is 0 Å². The maximum Gasteiger partial charge on any atom is 0.356 e. The maximum atomic E-state index is 10.9. The Hall–Kier alpha value is -1.40. The van der Waals surface area contributed by atoms with Gasteiger partial charge in [0, 0.05) is 0 Å². The highest BCUT2D eigenvalue weighted by Crippen LogP contribution is 2.19. The largest absolute Gasteiger partial charge is 0.476 e. The predicted molar refractivity (Wildman–Crippen MR) is 57.7 cm³/mol. The highest BCUT2D eigenvalue weighted by Gasteiger charge is 2.16. The topological polar surface area (TPSA) is 80.6 Å². The van der Waals surface area contributed by atoms with Crippen LogP contribution in [0.5, 0.6) is 0 Å². The molecule has 0 saturated heterocycles. The summed E-state index contributed by atoms with van der Waals surface area (Å²) in [5, 5.41) is 8.95. The first kappa shape index (κ1) is 10.1. The Morgan fingerprint density at radius 3 is 2.93 bits per heavy atom. The second-order valence-corrected chi connectivity index (χ2v) is 3.77. The number of hydrogen-bond acceptors (Lipinski definition) is 3. The molecule has 0 aliphatic heterocycles. The molecular formula is C9H8BrN3O2. The van der Waals surface area contributed by atoms with E-state index in [9.17, 15) is 4.79 Å². The van der Waals surface area contributed by atoms with Crippen molar-refractivity contribution in [2.24, 2.45) is 5.73 Å². The number of rotatable bonds is 2. The van der Waals surface area contributed by atoms with Crippen LogP contribution in [0.1, 0.15) is 16.3 Å². The molecule has 15 heavy (non-hydrogen) atoms. The summed E-state index contributed by atoms with van der Waals surface area (Å²) >= 11 is 3.33. The zero-order chi connectivity index (χ0) is 11.0. The number of imidazole rings is 1. The van der Waals surface area contributed by atoms with Crippen molar-refractivity contribution in [3.63, 3.8) is 0 Å². The van der Waals surface area contributed by atoms with Crippen LogP contribution in [0.15, 0.2) is 22.8 Å². The molecular weight excluding hydrogens is 262 g/mol. The van der Waals surface area contributed by atoms with Crippen LogP contribution in [-0.2, 0) is 6.54 Å². The van der Waals surface area contributed by atoms with E-state index in [1.807, 2.05) is 0 Å².